The number of nitrogens with two attached hydrogens (primary N) is 1. The number of fused-ring (bicyclic) bond motifs is 1. The van der Waals surface area contributed by atoms with Gasteiger partial charge in [0.2, 0.25) is 0 Å². The van der Waals surface area contributed by atoms with Gasteiger partial charge < -0.3 is 5.73 Å². The first-order valence-corrected chi connectivity index (χ1v) is 3.77. The maximum atomic E-state index is 5.42. The summed E-state index contributed by atoms with van der Waals surface area (Å²) in [6.45, 7) is 0.646. The Morgan fingerprint density at radius 2 is 2.33 bits per heavy atom. The predicted octanol–water partition coefficient (Wildman–Crippen LogP) is -0.375. The molecule has 0 saturated heterocycles. The van der Waals surface area contributed by atoms with Crippen molar-refractivity contribution in [3.8, 4) is 0 Å². The van der Waals surface area contributed by atoms with Crippen LogP contribution in [0, 0.1) is 0 Å². The molecule has 0 bridgehead atoms. The van der Waals surface area contributed by atoms with Gasteiger partial charge in [-0.3, -0.25) is 0 Å². The van der Waals surface area contributed by atoms with Gasteiger partial charge in [-0.2, -0.15) is 0 Å². The highest BCUT2D eigenvalue weighted by Gasteiger charge is 1.96. The SMILES string of the molecule is NCCc1ccc2nnnn2c1. The quantitative estimate of drug-likeness (QED) is 0.655. The highest BCUT2D eigenvalue weighted by atomic mass is 15.5. The molecule has 2 aromatic heterocycles. The van der Waals surface area contributed by atoms with Crippen LogP contribution >= 0.6 is 0 Å². The minimum absolute atomic E-state index is 0.646. The smallest absolute Gasteiger partial charge is 0.179 e. The number of hydrogen-bond donors (Lipinski definition) is 1. The number of pyridine rings is 1. The van der Waals surface area contributed by atoms with E-state index >= 15 is 0 Å². The third kappa shape index (κ3) is 1.14. The normalized spacial score (nSPS) is 10.8. The van der Waals surface area contributed by atoms with E-state index in [9.17, 15) is 0 Å². The minimum Gasteiger partial charge on any atom is -0.330 e. The zero-order chi connectivity index (χ0) is 8.39. The third-order valence-electron chi connectivity index (χ3n) is 1.69. The topological polar surface area (TPSA) is 69.1 Å². The van der Waals surface area contributed by atoms with Crippen LogP contribution < -0.4 is 5.73 Å². The lowest BCUT2D eigenvalue weighted by Gasteiger charge is -1.96. The van der Waals surface area contributed by atoms with Gasteiger partial charge >= 0.3 is 0 Å². The van der Waals surface area contributed by atoms with Crippen molar-refractivity contribution in [2.75, 3.05) is 6.54 Å². The summed E-state index contributed by atoms with van der Waals surface area (Å²) in [5, 5.41) is 11.1. The summed E-state index contributed by atoms with van der Waals surface area (Å²) < 4.78 is 1.64. The van der Waals surface area contributed by atoms with Gasteiger partial charge in [0.25, 0.3) is 0 Å². The molecule has 2 aromatic rings. The van der Waals surface area contributed by atoms with Crippen molar-refractivity contribution in [3.05, 3.63) is 23.9 Å². The van der Waals surface area contributed by atoms with Gasteiger partial charge in [0, 0.05) is 6.20 Å². The maximum absolute atomic E-state index is 5.42. The van der Waals surface area contributed by atoms with Crippen LogP contribution in [0.15, 0.2) is 18.3 Å². The molecule has 0 aliphatic carbocycles. The molecule has 0 aromatic carbocycles. The Balaban J connectivity index is 2.46. The third-order valence-corrected chi connectivity index (χ3v) is 1.69. The summed E-state index contributed by atoms with van der Waals surface area (Å²) in [4.78, 5) is 0. The maximum Gasteiger partial charge on any atom is 0.179 e. The van der Waals surface area contributed by atoms with E-state index in [0.717, 1.165) is 17.6 Å². The highest BCUT2D eigenvalue weighted by molar-refractivity contribution is 5.36. The fraction of sp³-hybridized carbons (Fsp3) is 0.286. The van der Waals surface area contributed by atoms with Crippen molar-refractivity contribution < 1.29 is 0 Å². The Morgan fingerprint density at radius 1 is 1.42 bits per heavy atom. The Morgan fingerprint density at radius 3 is 3.17 bits per heavy atom. The molecule has 62 valence electrons. The summed E-state index contributed by atoms with van der Waals surface area (Å²) in [6, 6.07) is 3.86. The van der Waals surface area contributed by atoms with E-state index in [0.29, 0.717) is 6.54 Å². The molecule has 5 heteroatoms. The van der Waals surface area contributed by atoms with Gasteiger partial charge in [-0.25, -0.2) is 4.52 Å². The van der Waals surface area contributed by atoms with Crippen molar-refractivity contribution >= 4 is 5.65 Å². The van der Waals surface area contributed by atoms with Crippen LogP contribution in [0.3, 0.4) is 0 Å². The van der Waals surface area contributed by atoms with Crippen LogP contribution in [-0.2, 0) is 6.42 Å². The number of nitrogens with zero attached hydrogens (tertiary/aromatic N) is 4. The summed E-state index contributed by atoms with van der Waals surface area (Å²) in [5.74, 6) is 0. The molecule has 0 fully saturated rings. The van der Waals surface area contributed by atoms with E-state index in [1.165, 1.54) is 0 Å². The monoisotopic (exact) mass is 163 g/mol. The van der Waals surface area contributed by atoms with Crippen LogP contribution in [0.5, 0.6) is 0 Å². The zero-order valence-corrected chi connectivity index (χ0v) is 6.51. The second-order valence-electron chi connectivity index (χ2n) is 2.56. The lowest BCUT2D eigenvalue weighted by atomic mass is 10.2. The molecule has 0 aliphatic rings. The van der Waals surface area contributed by atoms with Crippen LogP contribution in [0.4, 0.5) is 0 Å². The zero-order valence-electron chi connectivity index (χ0n) is 6.51. The molecular formula is C7H9N5. The molecule has 0 unspecified atom stereocenters. The van der Waals surface area contributed by atoms with Gasteiger partial charge in [-0.1, -0.05) is 6.07 Å². The van der Waals surface area contributed by atoms with Crippen LogP contribution in [-0.4, -0.2) is 26.6 Å². The molecule has 12 heavy (non-hydrogen) atoms. The standard InChI is InChI=1S/C7H9N5/c8-4-3-6-1-2-7-9-10-11-12(7)5-6/h1-2,5H,3-4,8H2. The first-order chi connectivity index (χ1) is 5.90. The van der Waals surface area contributed by atoms with Gasteiger partial charge in [0.05, 0.1) is 0 Å². The van der Waals surface area contributed by atoms with E-state index in [4.69, 9.17) is 5.73 Å². The summed E-state index contributed by atoms with van der Waals surface area (Å²) >= 11 is 0. The molecule has 0 saturated carbocycles. The van der Waals surface area contributed by atoms with Crippen molar-refractivity contribution in [2.45, 2.75) is 6.42 Å². The Bertz CT molecular complexity index is 380. The van der Waals surface area contributed by atoms with E-state index in [1.54, 1.807) is 4.52 Å². The van der Waals surface area contributed by atoms with E-state index in [2.05, 4.69) is 15.5 Å². The van der Waals surface area contributed by atoms with E-state index in [-0.39, 0.29) is 0 Å². The summed E-state index contributed by atoms with van der Waals surface area (Å²) in [6.07, 6.45) is 2.75. The Hall–Kier alpha value is -1.49. The average molecular weight is 163 g/mol. The van der Waals surface area contributed by atoms with Gasteiger partial charge in [0.15, 0.2) is 5.65 Å². The second-order valence-corrected chi connectivity index (χ2v) is 2.56. The molecule has 2 rings (SSSR count). The fourth-order valence-corrected chi connectivity index (χ4v) is 1.10. The lowest BCUT2D eigenvalue weighted by Crippen LogP contribution is -2.03. The molecule has 0 aliphatic heterocycles. The van der Waals surface area contributed by atoms with Gasteiger partial charge in [-0.05, 0) is 35.0 Å². The molecule has 5 nitrogen and oxygen atoms in total. The first kappa shape index (κ1) is 7.17. The van der Waals surface area contributed by atoms with Crippen molar-refractivity contribution in [1.82, 2.24) is 20.0 Å². The van der Waals surface area contributed by atoms with Gasteiger partial charge in [0.1, 0.15) is 0 Å². The molecule has 0 spiro atoms. The number of tetrazole rings is 1. The molecular weight excluding hydrogens is 154 g/mol. The lowest BCUT2D eigenvalue weighted by molar-refractivity contribution is 0.813. The van der Waals surface area contributed by atoms with Gasteiger partial charge in [-0.15, -0.1) is 5.10 Å². The summed E-state index contributed by atoms with van der Waals surface area (Å²) in [5.41, 5.74) is 7.33. The van der Waals surface area contributed by atoms with Crippen LogP contribution in [0.25, 0.3) is 5.65 Å². The Kier molecular flexibility index (Phi) is 1.71. The van der Waals surface area contributed by atoms with Crippen molar-refractivity contribution in [3.63, 3.8) is 0 Å². The first-order valence-electron chi connectivity index (χ1n) is 3.77. The number of rotatable bonds is 2. The molecule has 0 atom stereocenters. The van der Waals surface area contributed by atoms with Crippen LogP contribution in [0.1, 0.15) is 5.56 Å². The minimum atomic E-state index is 0.646. The summed E-state index contributed by atoms with van der Waals surface area (Å²) in [7, 11) is 0. The average Bonchev–Trinajstić information content (AvgIpc) is 2.51. The second kappa shape index (κ2) is 2.86. The van der Waals surface area contributed by atoms with E-state index in [1.807, 2.05) is 18.3 Å². The predicted molar refractivity (Wildman–Crippen MR) is 43.5 cm³/mol. The number of hydrogen-bond acceptors (Lipinski definition) is 4. The molecule has 0 amide bonds. The molecule has 0 radical (unpaired) electrons. The van der Waals surface area contributed by atoms with Crippen molar-refractivity contribution in [1.29, 1.82) is 0 Å². The largest absolute Gasteiger partial charge is 0.330 e. The number of aromatic nitrogens is 4. The molecule has 2 heterocycles. The fourth-order valence-electron chi connectivity index (χ4n) is 1.10. The van der Waals surface area contributed by atoms with Crippen molar-refractivity contribution in [2.24, 2.45) is 5.73 Å². The molecule has 2 N–H and O–H groups in total. The highest BCUT2D eigenvalue weighted by Crippen LogP contribution is 2.01. The van der Waals surface area contributed by atoms with Crippen LogP contribution in [0.2, 0.25) is 0 Å². The Labute approximate surface area is 69.2 Å². The van der Waals surface area contributed by atoms with E-state index < -0.39 is 0 Å².